The molecule has 6 heteroatoms. The third-order valence-electron chi connectivity index (χ3n) is 5.81. The van der Waals surface area contributed by atoms with Crippen molar-refractivity contribution in [1.82, 2.24) is 14.8 Å². The van der Waals surface area contributed by atoms with Crippen LogP contribution in [0.1, 0.15) is 40.9 Å². The van der Waals surface area contributed by atoms with Crippen LogP contribution in [0, 0.1) is 12.8 Å². The number of rotatable bonds is 5. The number of nitrogens with zero attached hydrogens (tertiary/aromatic N) is 3. The van der Waals surface area contributed by atoms with Crippen molar-refractivity contribution in [3.8, 4) is 5.82 Å². The molecule has 2 aromatic heterocycles. The Morgan fingerprint density at radius 3 is 2.63 bits per heavy atom. The van der Waals surface area contributed by atoms with E-state index in [1.54, 1.807) is 0 Å². The number of carbonyl (C=O) groups is 1. The van der Waals surface area contributed by atoms with Crippen LogP contribution >= 0.6 is 0 Å². The summed E-state index contributed by atoms with van der Waals surface area (Å²) < 4.78 is 1.99. The Morgan fingerprint density at radius 1 is 1.10 bits per heavy atom. The normalized spacial score (nSPS) is 17.8. The first-order valence-corrected chi connectivity index (χ1v) is 10.1. The number of aromatic nitrogens is 3. The zero-order valence-corrected chi connectivity index (χ0v) is 16.8. The van der Waals surface area contributed by atoms with Crippen LogP contribution in [-0.2, 0) is 0 Å². The molecule has 0 spiro atoms. The molecular weight excluding hydrogens is 376 g/mol. The van der Waals surface area contributed by atoms with Gasteiger partial charge in [0.15, 0.2) is 5.82 Å². The quantitative estimate of drug-likeness (QED) is 0.477. The lowest BCUT2D eigenvalue weighted by molar-refractivity contribution is 0.0698. The van der Waals surface area contributed by atoms with E-state index in [1.807, 2.05) is 72.3 Å². The predicted molar refractivity (Wildman–Crippen MR) is 117 cm³/mol. The number of nitrogens with one attached hydrogen (secondary N) is 1. The van der Waals surface area contributed by atoms with E-state index in [-0.39, 0.29) is 0 Å². The first-order chi connectivity index (χ1) is 14.5. The van der Waals surface area contributed by atoms with Crippen molar-refractivity contribution in [2.24, 2.45) is 5.92 Å². The van der Waals surface area contributed by atoms with E-state index in [1.165, 1.54) is 0 Å². The number of hydrogen-bond acceptors (Lipinski definition) is 4. The van der Waals surface area contributed by atoms with Gasteiger partial charge in [-0.25, -0.2) is 4.79 Å². The van der Waals surface area contributed by atoms with Crippen LogP contribution in [0.5, 0.6) is 0 Å². The lowest BCUT2D eigenvalue weighted by Gasteiger charge is -2.12. The summed E-state index contributed by atoms with van der Waals surface area (Å²) in [6.07, 6.45) is 3.09. The van der Waals surface area contributed by atoms with Crippen LogP contribution in [0.4, 0.5) is 11.4 Å². The molecule has 5 rings (SSSR count). The highest BCUT2D eigenvalue weighted by molar-refractivity contribution is 5.96. The Hall–Kier alpha value is -3.67. The second-order valence-corrected chi connectivity index (χ2v) is 8.05. The van der Waals surface area contributed by atoms with E-state index in [9.17, 15) is 9.90 Å². The van der Waals surface area contributed by atoms with Gasteiger partial charge in [0.05, 0.1) is 22.5 Å². The van der Waals surface area contributed by atoms with Gasteiger partial charge in [-0.05, 0) is 79.3 Å². The zero-order chi connectivity index (χ0) is 20.8. The van der Waals surface area contributed by atoms with Crippen LogP contribution in [0.2, 0.25) is 0 Å². The minimum atomic E-state index is -0.919. The van der Waals surface area contributed by atoms with Gasteiger partial charge in [-0.1, -0.05) is 13.0 Å². The van der Waals surface area contributed by atoms with Gasteiger partial charge in [0.25, 0.3) is 0 Å². The summed E-state index contributed by atoms with van der Waals surface area (Å²) in [5, 5.41) is 22.4. The third-order valence-corrected chi connectivity index (χ3v) is 5.81. The molecule has 1 fully saturated rings. The monoisotopic (exact) mass is 398 g/mol. The Balaban J connectivity index is 1.46. The molecule has 1 saturated carbocycles. The maximum atomic E-state index is 11.8. The molecular formula is C24H22N4O2. The summed E-state index contributed by atoms with van der Waals surface area (Å²) in [6.45, 7) is 4.10. The summed E-state index contributed by atoms with van der Waals surface area (Å²) in [4.78, 5) is 11.8. The molecule has 2 heterocycles. The number of carboxylic acid groups (broad SMARTS) is 1. The molecule has 0 bridgehead atoms. The van der Waals surface area contributed by atoms with Crippen molar-refractivity contribution < 1.29 is 9.90 Å². The van der Waals surface area contributed by atoms with E-state index < -0.39 is 5.97 Å². The molecule has 150 valence electrons. The Kier molecular flexibility index (Phi) is 4.28. The highest BCUT2D eigenvalue weighted by Gasteiger charge is 2.34. The molecule has 2 atom stereocenters. The van der Waals surface area contributed by atoms with Crippen molar-refractivity contribution in [2.75, 3.05) is 5.32 Å². The maximum absolute atomic E-state index is 11.8. The smallest absolute Gasteiger partial charge is 0.337 e. The lowest BCUT2D eigenvalue weighted by Crippen LogP contribution is -2.04. The standard InChI is InChI=1S/C24H22N4O2/c1-14-11-19(14)16-4-6-21(20(13-16)24(29)30)25-18-5-7-22-17(12-18)9-10-28(22)23-8-3-15(2)26-27-23/h3-10,12-14,19,25H,11H2,1-2H3,(H,29,30)/t14-,19?/m1/s1. The molecule has 0 aliphatic heterocycles. The van der Waals surface area contributed by atoms with Gasteiger partial charge in [0.2, 0.25) is 0 Å². The molecule has 1 aliphatic carbocycles. The van der Waals surface area contributed by atoms with E-state index >= 15 is 0 Å². The largest absolute Gasteiger partial charge is 0.478 e. The Labute approximate surface area is 174 Å². The zero-order valence-electron chi connectivity index (χ0n) is 16.8. The van der Waals surface area contributed by atoms with Crippen molar-refractivity contribution in [3.63, 3.8) is 0 Å². The summed E-state index contributed by atoms with van der Waals surface area (Å²) in [5.41, 5.74) is 4.73. The number of hydrogen-bond donors (Lipinski definition) is 2. The summed E-state index contributed by atoms with van der Waals surface area (Å²) in [7, 11) is 0. The summed E-state index contributed by atoms with van der Waals surface area (Å²) in [6, 6.07) is 17.6. The van der Waals surface area contributed by atoms with Crippen molar-refractivity contribution >= 4 is 28.2 Å². The average molecular weight is 398 g/mol. The fourth-order valence-electron chi connectivity index (χ4n) is 3.96. The van der Waals surface area contributed by atoms with Crippen LogP contribution in [-0.4, -0.2) is 25.8 Å². The van der Waals surface area contributed by atoms with E-state index in [0.29, 0.717) is 23.1 Å². The third kappa shape index (κ3) is 3.30. The first kappa shape index (κ1) is 18.4. The predicted octanol–water partition coefficient (Wildman–Crippen LogP) is 5.29. The maximum Gasteiger partial charge on any atom is 0.337 e. The highest BCUT2D eigenvalue weighted by atomic mass is 16.4. The lowest BCUT2D eigenvalue weighted by atomic mass is 10.0. The SMILES string of the molecule is Cc1ccc(-n2ccc3cc(Nc4ccc(C5C[C@H]5C)cc4C(=O)O)ccc32)nn1. The van der Waals surface area contributed by atoms with Gasteiger partial charge in [-0.2, -0.15) is 5.10 Å². The molecule has 0 amide bonds. The topological polar surface area (TPSA) is 80.0 Å². The van der Waals surface area contributed by atoms with Gasteiger partial charge in [0, 0.05) is 17.3 Å². The highest BCUT2D eigenvalue weighted by Crippen LogP contribution is 2.47. The van der Waals surface area contributed by atoms with Crippen molar-refractivity contribution in [1.29, 1.82) is 0 Å². The minimum absolute atomic E-state index is 0.305. The van der Waals surface area contributed by atoms with Gasteiger partial charge in [-0.15, -0.1) is 5.10 Å². The van der Waals surface area contributed by atoms with E-state index in [0.717, 1.165) is 40.1 Å². The Bertz CT molecular complexity index is 1260. The van der Waals surface area contributed by atoms with Crippen molar-refractivity contribution in [2.45, 2.75) is 26.2 Å². The number of benzene rings is 2. The Morgan fingerprint density at radius 2 is 1.93 bits per heavy atom. The number of aromatic carboxylic acids is 1. The second-order valence-electron chi connectivity index (χ2n) is 8.05. The fraction of sp³-hybridized carbons (Fsp3) is 0.208. The number of fused-ring (bicyclic) bond motifs is 1. The van der Waals surface area contributed by atoms with Gasteiger partial charge >= 0.3 is 5.97 Å². The molecule has 2 N–H and O–H groups in total. The van der Waals surface area contributed by atoms with Crippen LogP contribution in [0.25, 0.3) is 16.7 Å². The molecule has 0 saturated heterocycles. The molecule has 30 heavy (non-hydrogen) atoms. The molecule has 6 nitrogen and oxygen atoms in total. The van der Waals surface area contributed by atoms with E-state index in [4.69, 9.17) is 0 Å². The molecule has 1 aliphatic rings. The first-order valence-electron chi connectivity index (χ1n) is 10.1. The number of aryl methyl sites for hydroxylation is 1. The molecule has 0 radical (unpaired) electrons. The van der Waals surface area contributed by atoms with Crippen LogP contribution in [0.15, 0.2) is 60.8 Å². The summed E-state index contributed by atoms with van der Waals surface area (Å²) >= 11 is 0. The van der Waals surface area contributed by atoms with Gasteiger partial charge in [-0.3, -0.25) is 4.57 Å². The number of carboxylic acids is 1. The van der Waals surface area contributed by atoms with Crippen LogP contribution in [0.3, 0.4) is 0 Å². The summed E-state index contributed by atoms with van der Waals surface area (Å²) in [5.74, 6) is 0.959. The second kappa shape index (κ2) is 6.99. The van der Waals surface area contributed by atoms with Gasteiger partial charge < -0.3 is 10.4 Å². The fourth-order valence-corrected chi connectivity index (χ4v) is 3.96. The van der Waals surface area contributed by atoms with Crippen LogP contribution < -0.4 is 5.32 Å². The average Bonchev–Trinajstić information content (AvgIpc) is 3.32. The van der Waals surface area contributed by atoms with Gasteiger partial charge in [0.1, 0.15) is 0 Å². The molecule has 4 aromatic rings. The molecule has 2 aromatic carbocycles. The van der Waals surface area contributed by atoms with Crippen molar-refractivity contribution in [3.05, 3.63) is 77.6 Å². The van der Waals surface area contributed by atoms with E-state index in [2.05, 4.69) is 22.4 Å². The minimum Gasteiger partial charge on any atom is -0.478 e. The number of anilines is 2. The molecule has 1 unspecified atom stereocenters.